The number of thiazole rings is 1. The summed E-state index contributed by atoms with van der Waals surface area (Å²) in [7, 11) is 2.01. The molecule has 0 unspecified atom stereocenters. The molecule has 0 saturated heterocycles. The lowest BCUT2D eigenvalue weighted by Crippen LogP contribution is -2.08. The lowest BCUT2D eigenvalue weighted by atomic mass is 10.2. The van der Waals surface area contributed by atoms with Gasteiger partial charge in [0.15, 0.2) is 0 Å². The van der Waals surface area contributed by atoms with E-state index in [0.717, 1.165) is 32.1 Å². The molecule has 0 N–H and O–H groups in total. The molecule has 5 aromatic rings. The highest BCUT2D eigenvalue weighted by molar-refractivity contribution is 7.16. The van der Waals surface area contributed by atoms with E-state index in [2.05, 4.69) is 38.3 Å². The molecule has 0 bridgehead atoms. The van der Waals surface area contributed by atoms with Crippen molar-refractivity contribution < 1.29 is 0 Å². The Kier molecular flexibility index (Phi) is 4.67. The number of aromatic nitrogens is 3. The van der Waals surface area contributed by atoms with Gasteiger partial charge in [0, 0.05) is 18.8 Å². The molecule has 3 aromatic heterocycles. The van der Waals surface area contributed by atoms with Gasteiger partial charge in [0.25, 0.3) is 0 Å². The Morgan fingerprint density at radius 1 is 0.966 bits per heavy atom. The molecule has 0 aliphatic heterocycles. The normalized spacial score (nSPS) is 12.4. The summed E-state index contributed by atoms with van der Waals surface area (Å²) in [6.07, 6.45) is 3.78. The van der Waals surface area contributed by atoms with Crippen LogP contribution in [0.25, 0.3) is 26.5 Å². The zero-order valence-electron chi connectivity index (χ0n) is 15.6. The van der Waals surface area contributed by atoms with Crippen LogP contribution in [0.5, 0.6) is 0 Å². The molecule has 5 nitrogen and oxygen atoms in total. The van der Waals surface area contributed by atoms with E-state index in [-0.39, 0.29) is 0 Å². The summed E-state index contributed by atoms with van der Waals surface area (Å²) in [5.74, 6) is 0. The number of thiophene rings is 1. The second-order valence-corrected chi connectivity index (χ2v) is 8.40. The zero-order valence-corrected chi connectivity index (χ0v) is 17.3. The van der Waals surface area contributed by atoms with Crippen LogP contribution in [0.1, 0.15) is 5.56 Å². The van der Waals surface area contributed by atoms with Crippen molar-refractivity contribution in [3.63, 3.8) is 0 Å². The maximum Gasteiger partial charge on any atom is 0.211 e. The number of rotatable bonds is 4. The molecule has 0 amide bonds. The Morgan fingerprint density at radius 3 is 2.59 bits per heavy atom. The molecule has 5 rings (SSSR count). The van der Waals surface area contributed by atoms with E-state index in [1.165, 1.54) is 4.70 Å². The third-order valence-corrected chi connectivity index (χ3v) is 6.55. The fourth-order valence-electron chi connectivity index (χ4n) is 3.12. The van der Waals surface area contributed by atoms with Crippen LogP contribution in [-0.4, -0.2) is 20.6 Å². The first-order valence-corrected chi connectivity index (χ1v) is 10.8. The zero-order chi connectivity index (χ0) is 19.6. The lowest BCUT2D eigenvalue weighted by Gasteiger charge is -1.98. The first-order chi connectivity index (χ1) is 14.3. The number of nitrogens with zero attached hydrogens (tertiary/aromatic N) is 5. The minimum absolute atomic E-state index is 0.857. The summed E-state index contributed by atoms with van der Waals surface area (Å²) in [6, 6.07) is 22.5. The van der Waals surface area contributed by atoms with Gasteiger partial charge in [-0.15, -0.1) is 16.4 Å². The van der Waals surface area contributed by atoms with Gasteiger partial charge in [-0.25, -0.2) is 4.68 Å². The molecule has 0 radical (unpaired) electrons. The summed E-state index contributed by atoms with van der Waals surface area (Å²) in [4.78, 5) is 1.96. The Hall–Kier alpha value is -3.29. The molecule has 2 aromatic carbocycles. The van der Waals surface area contributed by atoms with Crippen molar-refractivity contribution in [3.05, 3.63) is 88.7 Å². The topological polar surface area (TPSA) is 47.5 Å². The molecule has 0 spiro atoms. The van der Waals surface area contributed by atoms with E-state index in [1.54, 1.807) is 28.9 Å². The maximum atomic E-state index is 4.79. The van der Waals surface area contributed by atoms with Gasteiger partial charge in [0.1, 0.15) is 5.69 Å². The highest BCUT2D eigenvalue weighted by atomic mass is 32.1. The van der Waals surface area contributed by atoms with Crippen molar-refractivity contribution in [2.45, 2.75) is 0 Å². The monoisotopic (exact) mass is 415 g/mol. The fourth-order valence-corrected chi connectivity index (χ4v) is 4.83. The third kappa shape index (κ3) is 3.46. The highest BCUT2D eigenvalue weighted by Crippen LogP contribution is 2.27. The van der Waals surface area contributed by atoms with Crippen LogP contribution in [0.3, 0.4) is 0 Å². The first-order valence-electron chi connectivity index (χ1n) is 9.10. The maximum absolute atomic E-state index is 4.79. The summed E-state index contributed by atoms with van der Waals surface area (Å²) in [5.41, 5.74) is 4.01. The number of aryl methyl sites for hydroxylation is 1. The minimum atomic E-state index is 0.857. The van der Waals surface area contributed by atoms with E-state index in [1.807, 2.05) is 66.5 Å². The second kappa shape index (κ2) is 7.62. The highest BCUT2D eigenvalue weighted by Gasteiger charge is 2.11. The Bertz CT molecular complexity index is 1360. The van der Waals surface area contributed by atoms with E-state index >= 15 is 0 Å². The van der Waals surface area contributed by atoms with Gasteiger partial charge in [-0.3, -0.25) is 0 Å². The van der Waals surface area contributed by atoms with Crippen LogP contribution < -0.4 is 4.80 Å². The van der Waals surface area contributed by atoms with Gasteiger partial charge < -0.3 is 4.57 Å². The predicted molar refractivity (Wildman–Crippen MR) is 121 cm³/mol. The lowest BCUT2D eigenvalue weighted by molar-refractivity contribution is 0.885. The van der Waals surface area contributed by atoms with Crippen LogP contribution in [0, 0.1) is 0 Å². The minimum Gasteiger partial charge on any atom is -0.318 e. The average Bonchev–Trinajstić information content (AvgIpc) is 3.49. The van der Waals surface area contributed by atoms with Crippen LogP contribution in [0.4, 0.5) is 0 Å². The third-order valence-electron chi connectivity index (χ3n) is 4.57. The van der Waals surface area contributed by atoms with Gasteiger partial charge in [-0.1, -0.05) is 47.7 Å². The Morgan fingerprint density at radius 2 is 1.79 bits per heavy atom. The SMILES string of the molecule is Cn1/c(=N/N=C/c2cn(-c3ccccc3)nc2-c2cccs2)sc2ccccc21. The molecule has 0 fully saturated rings. The van der Waals surface area contributed by atoms with Gasteiger partial charge in [-0.2, -0.15) is 10.2 Å². The molecule has 3 heterocycles. The summed E-state index contributed by atoms with van der Waals surface area (Å²) in [5, 5.41) is 15.7. The van der Waals surface area contributed by atoms with Crippen LogP contribution in [-0.2, 0) is 7.05 Å². The molecule has 0 aliphatic carbocycles. The van der Waals surface area contributed by atoms with Crippen LogP contribution >= 0.6 is 22.7 Å². The number of benzene rings is 2. The van der Waals surface area contributed by atoms with E-state index < -0.39 is 0 Å². The fraction of sp³-hybridized carbons (Fsp3) is 0.0455. The van der Waals surface area contributed by atoms with Gasteiger partial charge in [-0.05, 0) is 35.7 Å². The molecular weight excluding hydrogens is 398 g/mol. The quantitative estimate of drug-likeness (QED) is 0.298. The van der Waals surface area contributed by atoms with E-state index in [4.69, 9.17) is 5.10 Å². The first kappa shape index (κ1) is 17.8. The van der Waals surface area contributed by atoms with Crippen molar-refractivity contribution in [3.8, 4) is 16.3 Å². The van der Waals surface area contributed by atoms with Crippen molar-refractivity contribution in [2.24, 2.45) is 17.3 Å². The van der Waals surface area contributed by atoms with Gasteiger partial charge in [0.2, 0.25) is 4.80 Å². The standard InChI is InChI=1S/C22H17N5S2/c1-26-18-10-5-6-11-19(18)29-22(26)24-23-14-16-15-27(17-8-3-2-4-9-17)25-21(16)20-12-7-13-28-20/h2-15H,1H3/b23-14+,24-22-. The van der Waals surface area contributed by atoms with Crippen LogP contribution in [0.15, 0.2) is 88.5 Å². The molecular formula is C22H17N5S2. The van der Waals surface area contributed by atoms with E-state index in [9.17, 15) is 0 Å². The molecule has 142 valence electrons. The molecule has 29 heavy (non-hydrogen) atoms. The Labute approximate surface area is 175 Å². The summed E-state index contributed by atoms with van der Waals surface area (Å²) >= 11 is 3.29. The number of hydrogen-bond donors (Lipinski definition) is 0. The summed E-state index contributed by atoms with van der Waals surface area (Å²) < 4.78 is 5.14. The van der Waals surface area contributed by atoms with Crippen molar-refractivity contribution in [1.29, 1.82) is 0 Å². The smallest absolute Gasteiger partial charge is 0.211 e. The van der Waals surface area contributed by atoms with Gasteiger partial charge >= 0.3 is 0 Å². The number of para-hydroxylation sites is 2. The van der Waals surface area contributed by atoms with Crippen molar-refractivity contribution >= 4 is 39.1 Å². The molecule has 0 saturated carbocycles. The predicted octanol–water partition coefficient (Wildman–Crippen LogP) is 5.09. The summed E-state index contributed by atoms with van der Waals surface area (Å²) in [6.45, 7) is 0. The molecule has 7 heteroatoms. The molecule has 0 aliphatic rings. The molecule has 0 atom stereocenters. The van der Waals surface area contributed by atoms with Crippen molar-refractivity contribution in [2.75, 3.05) is 0 Å². The van der Waals surface area contributed by atoms with Crippen molar-refractivity contribution in [1.82, 2.24) is 14.3 Å². The van der Waals surface area contributed by atoms with Crippen LogP contribution in [0.2, 0.25) is 0 Å². The average molecular weight is 416 g/mol. The largest absolute Gasteiger partial charge is 0.318 e. The Balaban J connectivity index is 1.56. The van der Waals surface area contributed by atoms with E-state index in [0.29, 0.717) is 0 Å². The number of fused-ring (bicyclic) bond motifs is 1. The van der Waals surface area contributed by atoms with Gasteiger partial charge in [0.05, 0.1) is 27.0 Å². The number of hydrogen-bond acceptors (Lipinski definition) is 5. The second-order valence-electron chi connectivity index (χ2n) is 6.45.